The number of hydrogen-bond acceptors (Lipinski definition) is 6. The molecule has 0 bridgehead atoms. The Bertz CT molecular complexity index is 755. The molecular formula is C12H12N2O5S2. The van der Waals surface area contributed by atoms with Gasteiger partial charge in [-0.05, 0) is 17.7 Å². The third-order valence-electron chi connectivity index (χ3n) is 2.60. The molecule has 0 fully saturated rings. The summed E-state index contributed by atoms with van der Waals surface area (Å²) in [6.07, 6.45) is 0. The highest BCUT2D eigenvalue weighted by Gasteiger charge is 2.20. The molecule has 1 aromatic carbocycles. The van der Waals surface area contributed by atoms with E-state index >= 15 is 0 Å². The average molecular weight is 328 g/mol. The second kappa shape index (κ2) is 6.55. The van der Waals surface area contributed by atoms with Crippen molar-refractivity contribution < 1.29 is 23.1 Å². The molecule has 0 spiro atoms. The number of carboxylic acid groups (broad SMARTS) is 1. The van der Waals surface area contributed by atoms with E-state index in [1.54, 1.807) is 19.2 Å². The van der Waals surface area contributed by atoms with Gasteiger partial charge in [0, 0.05) is 21.4 Å². The molecule has 1 aromatic rings. The van der Waals surface area contributed by atoms with Gasteiger partial charge in [0.15, 0.2) is 10.9 Å². The fourth-order valence-corrected chi connectivity index (χ4v) is 3.83. The Balaban J connectivity index is 2.14. The molecule has 1 unspecified atom stereocenters. The van der Waals surface area contributed by atoms with Gasteiger partial charge in [0.25, 0.3) is 9.26 Å². The highest BCUT2D eigenvalue weighted by molar-refractivity contribution is 8.43. The van der Waals surface area contributed by atoms with E-state index in [0.717, 1.165) is 11.0 Å². The van der Waals surface area contributed by atoms with Gasteiger partial charge in [0.05, 0.1) is 7.11 Å². The second-order valence-electron chi connectivity index (χ2n) is 3.93. The van der Waals surface area contributed by atoms with Gasteiger partial charge in [-0.25, -0.2) is 9.79 Å². The SMILES string of the molecule is COc1ccc(CNC2=NC(C(=O)O)=CS2=S(=O)=O)cc1. The standard InChI is InChI=1S/C12H12N2O5S2/c1-19-9-4-2-8(3-5-9)6-13-12-14-10(11(15)16)7-20(12)21(17)18/h2-5,7H,6H2,1H3,(H,13,14)(H,15,16). The van der Waals surface area contributed by atoms with Gasteiger partial charge in [0.1, 0.15) is 5.75 Å². The molecule has 0 aliphatic carbocycles. The van der Waals surface area contributed by atoms with Crippen LogP contribution in [0.2, 0.25) is 0 Å². The number of nitrogens with one attached hydrogen (secondary N) is 1. The largest absolute Gasteiger partial charge is 0.497 e. The molecule has 2 N–H and O–H groups in total. The second-order valence-corrected chi connectivity index (χ2v) is 7.45. The Morgan fingerprint density at radius 1 is 1.38 bits per heavy atom. The fourth-order valence-electron chi connectivity index (χ4n) is 1.57. The van der Waals surface area contributed by atoms with Crippen LogP contribution in [0.4, 0.5) is 0 Å². The number of nitrogens with zero attached hydrogens (tertiary/aromatic N) is 1. The molecule has 0 saturated heterocycles. The molecular weight excluding hydrogens is 316 g/mol. The van der Waals surface area contributed by atoms with Crippen LogP contribution < -0.4 is 10.1 Å². The number of methoxy groups -OCH3 is 1. The van der Waals surface area contributed by atoms with Gasteiger partial charge in [-0.15, -0.1) is 0 Å². The molecule has 0 amide bonds. The number of hydrogen-bond donors (Lipinski definition) is 2. The predicted octanol–water partition coefficient (Wildman–Crippen LogP) is 0.493. The summed E-state index contributed by atoms with van der Waals surface area (Å²) in [6, 6.07) is 7.19. The monoisotopic (exact) mass is 328 g/mol. The summed E-state index contributed by atoms with van der Waals surface area (Å²) < 4.78 is 27.3. The summed E-state index contributed by atoms with van der Waals surface area (Å²) >= 11 is 0. The molecule has 1 heterocycles. The van der Waals surface area contributed by atoms with Crippen molar-refractivity contribution >= 4 is 29.9 Å². The number of rotatable bonds is 4. The zero-order chi connectivity index (χ0) is 15.4. The summed E-state index contributed by atoms with van der Waals surface area (Å²) in [5, 5.41) is 13.0. The van der Waals surface area contributed by atoms with Gasteiger partial charge in [-0.2, -0.15) is 8.42 Å². The molecule has 112 valence electrons. The van der Waals surface area contributed by atoms with Crippen molar-refractivity contribution in [1.29, 1.82) is 0 Å². The van der Waals surface area contributed by atoms with Crippen molar-refractivity contribution in [2.24, 2.45) is 4.99 Å². The first-order chi connectivity index (χ1) is 10.0. The Labute approximate surface area is 124 Å². The minimum Gasteiger partial charge on any atom is -0.497 e. The molecule has 0 saturated carbocycles. The van der Waals surface area contributed by atoms with E-state index in [1.165, 1.54) is 0 Å². The Hall–Kier alpha value is -2.13. The number of ether oxygens (including phenoxy) is 1. The Kier molecular flexibility index (Phi) is 4.76. The number of benzene rings is 1. The number of amidine groups is 1. The summed E-state index contributed by atoms with van der Waals surface area (Å²) in [5.41, 5.74) is 0.627. The van der Waals surface area contributed by atoms with E-state index in [0.29, 0.717) is 12.3 Å². The third kappa shape index (κ3) is 3.70. The minimum absolute atomic E-state index is 0.136. The zero-order valence-corrected chi connectivity index (χ0v) is 12.6. The lowest BCUT2D eigenvalue weighted by Gasteiger charge is -2.06. The van der Waals surface area contributed by atoms with Crippen molar-refractivity contribution in [3.05, 3.63) is 40.9 Å². The van der Waals surface area contributed by atoms with Gasteiger partial charge in [0.2, 0.25) is 0 Å². The lowest BCUT2D eigenvalue weighted by molar-refractivity contribution is -0.132. The maximum atomic E-state index is 11.1. The summed E-state index contributed by atoms with van der Waals surface area (Å²) in [7, 11) is -2.24. The quantitative estimate of drug-likeness (QED) is 0.833. The van der Waals surface area contributed by atoms with Crippen LogP contribution in [0.5, 0.6) is 5.75 Å². The van der Waals surface area contributed by atoms with Crippen LogP contribution in [-0.2, 0) is 30.1 Å². The van der Waals surface area contributed by atoms with Crippen molar-refractivity contribution in [2.75, 3.05) is 7.11 Å². The van der Waals surface area contributed by atoms with Crippen LogP contribution in [0.3, 0.4) is 0 Å². The molecule has 0 aromatic heterocycles. The van der Waals surface area contributed by atoms with Gasteiger partial charge >= 0.3 is 5.97 Å². The predicted molar refractivity (Wildman–Crippen MR) is 79.3 cm³/mol. The first-order valence-corrected chi connectivity index (χ1v) is 8.62. The Morgan fingerprint density at radius 3 is 2.57 bits per heavy atom. The third-order valence-corrected chi connectivity index (χ3v) is 5.59. The molecule has 9 heteroatoms. The van der Waals surface area contributed by atoms with E-state index in [9.17, 15) is 13.2 Å². The van der Waals surface area contributed by atoms with Crippen molar-refractivity contribution in [3.8, 4) is 5.75 Å². The molecule has 2 rings (SSSR count). The summed E-state index contributed by atoms with van der Waals surface area (Å²) in [4.78, 5) is 14.6. The normalized spacial score (nSPS) is 16.9. The van der Waals surface area contributed by atoms with Crippen LogP contribution in [0.25, 0.3) is 0 Å². The van der Waals surface area contributed by atoms with E-state index in [2.05, 4.69) is 10.3 Å². The molecule has 1 atom stereocenters. The smallest absolute Gasteiger partial charge is 0.355 e. The van der Waals surface area contributed by atoms with E-state index in [-0.39, 0.29) is 10.9 Å². The van der Waals surface area contributed by atoms with Gasteiger partial charge < -0.3 is 15.2 Å². The van der Waals surface area contributed by atoms with Crippen molar-refractivity contribution in [1.82, 2.24) is 5.32 Å². The summed E-state index contributed by atoms with van der Waals surface area (Å²) in [5.74, 6) is -0.536. The first kappa shape index (κ1) is 15.3. The van der Waals surface area contributed by atoms with Crippen LogP contribution in [0, 0.1) is 0 Å². The molecule has 21 heavy (non-hydrogen) atoms. The van der Waals surface area contributed by atoms with Crippen LogP contribution >= 0.6 is 0 Å². The number of aliphatic imine (C=N–C) groups is 1. The topological polar surface area (TPSA) is 105 Å². The zero-order valence-electron chi connectivity index (χ0n) is 10.9. The highest BCUT2D eigenvalue weighted by atomic mass is 32.9. The Morgan fingerprint density at radius 2 is 2.05 bits per heavy atom. The minimum atomic E-state index is -2.45. The van der Waals surface area contributed by atoms with E-state index < -0.39 is 24.7 Å². The molecule has 0 radical (unpaired) electrons. The maximum absolute atomic E-state index is 11.1. The van der Waals surface area contributed by atoms with E-state index in [4.69, 9.17) is 9.84 Å². The molecule has 1 aliphatic rings. The highest BCUT2D eigenvalue weighted by Crippen LogP contribution is 2.13. The summed E-state index contributed by atoms with van der Waals surface area (Å²) in [6.45, 7) is 0.338. The van der Waals surface area contributed by atoms with Gasteiger partial charge in [-0.1, -0.05) is 12.1 Å². The molecule has 1 aliphatic heterocycles. The lowest BCUT2D eigenvalue weighted by Crippen LogP contribution is -2.24. The van der Waals surface area contributed by atoms with Crippen LogP contribution in [0.15, 0.2) is 40.4 Å². The van der Waals surface area contributed by atoms with Gasteiger partial charge in [-0.3, -0.25) is 0 Å². The van der Waals surface area contributed by atoms with Crippen molar-refractivity contribution in [2.45, 2.75) is 6.54 Å². The van der Waals surface area contributed by atoms with Crippen molar-refractivity contribution in [3.63, 3.8) is 0 Å². The lowest BCUT2D eigenvalue weighted by atomic mass is 10.2. The number of aliphatic carboxylic acids is 1. The average Bonchev–Trinajstić information content (AvgIpc) is 2.90. The number of carbonyl (C=O) groups is 1. The molecule has 7 nitrogen and oxygen atoms in total. The maximum Gasteiger partial charge on any atom is 0.355 e. The first-order valence-electron chi connectivity index (χ1n) is 5.74. The fraction of sp³-hybridized carbons (Fsp3) is 0.167. The van der Waals surface area contributed by atoms with Crippen LogP contribution in [0.1, 0.15) is 5.56 Å². The van der Waals surface area contributed by atoms with E-state index in [1.807, 2.05) is 12.1 Å². The number of carboxylic acids is 1. The van der Waals surface area contributed by atoms with Crippen LogP contribution in [-0.4, -0.2) is 31.8 Å².